The summed E-state index contributed by atoms with van der Waals surface area (Å²) in [5.41, 5.74) is 0. The van der Waals surface area contributed by atoms with E-state index in [4.69, 9.17) is 37.0 Å². The molecule has 6 atom stereocenters. The van der Waals surface area contributed by atoms with E-state index < -0.39 is 97.5 Å². The molecule has 0 spiro atoms. The van der Waals surface area contributed by atoms with Crippen LogP contribution < -0.4 is 0 Å². The van der Waals surface area contributed by atoms with Gasteiger partial charge in [-0.1, -0.05) is 363 Å². The van der Waals surface area contributed by atoms with Crippen LogP contribution in [0.1, 0.15) is 414 Å². The van der Waals surface area contributed by atoms with Gasteiger partial charge in [0.05, 0.1) is 26.4 Å². The van der Waals surface area contributed by atoms with Crippen molar-refractivity contribution in [3.63, 3.8) is 0 Å². The van der Waals surface area contributed by atoms with Crippen molar-refractivity contribution >= 4 is 39.5 Å². The topological polar surface area (TPSA) is 237 Å². The van der Waals surface area contributed by atoms with Crippen LogP contribution >= 0.6 is 15.6 Å². The van der Waals surface area contributed by atoms with Crippen LogP contribution in [0.5, 0.6) is 0 Å². The molecule has 17 nitrogen and oxygen atoms in total. The molecule has 3 N–H and O–H groups in total. The van der Waals surface area contributed by atoms with Crippen molar-refractivity contribution in [2.24, 2.45) is 17.8 Å². The normalized spacial score (nSPS) is 14.3. The van der Waals surface area contributed by atoms with Gasteiger partial charge >= 0.3 is 39.5 Å². The number of aliphatic hydroxyl groups excluding tert-OH is 1. The predicted molar refractivity (Wildman–Crippen MR) is 405 cm³/mol. The molecule has 0 amide bonds. The van der Waals surface area contributed by atoms with E-state index in [1.165, 1.54) is 218 Å². The van der Waals surface area contributed by atoms with Gasteiger partial charge in [-0.25, -0.2) is 9.13 Å². The van der Waals surface area contributed by atoms with Gasteiger partial charge in [0.15, 0.2) is 12.2 Å². The molecule has 0 saturated carbocycles. The summed E-state index contributed by atoms with van der Waals surface area (Å²) in [5.74, 6) is 0.179. The average molecular weight is 1450 g/mol. The van der Waals surface area contributed by atoms with Crippen LogP contribution in [0.4, 0.5) is 0 Å². The second-order valence-electron chi connectivity index (χ2n) is 30.0. The zero-order valence-electron chi connectivity index (χ0n) is 65.0. The molecule has 0 aromatic carbocycles. The lowest BCUT2D eigenvalue weighted by Crippen LogP contribution is -2.30. The first-order valence-electron chi connectivity index (χ1n) is 41.4. The number of phosphoric acid groups is 2. The first-order chi connectivity index (χ1) is 47.8. The Balaban J connectivity index is 5.24. The van der Waals surface area contributed by atoms with Crippen molar-refractivity contribution in [1.29, 1.82) is 0 Å². The van der Waals surface area contributed by atoms with Crippen LogP contribution in [0.3, 0.4) is 0 Å². The molecule has 0 radical (unpaired) electrons. The number of esters is 4. The van der Waals surface area contributed by atoms with Crippen LogP contribution in [0.15, 0.2) is 0 Å². The van der Waals surface area contributed by atoms with Gasteiger partial charge in [0, 0.05) is 25.7 Å². The van der Waals surface area contributed by atoms with Crippen LogP contribution in [0.25, 0.3) is 0 Å². The largest absolute Gasteiger partial charge is 0.472 e. The maximum Gasteiger partial charge on any atom is 0.472 e. The summed E-state index contributed by atoms with van der Waals surface area (Å²) in [7, 11) is -9.92. The van der Waals surface area contributed by atoms with E-state index >= 15 is 0 Å². The minimum Gasteiger partial charge on any atom is -0.462 e. The molecule has 0 aromatic heterocycles. The number of rotatable bonds is 78. The number of aliphatic hydroxyl groups is 1. The van der Waals surface area contributed by atoms with Crippen molar-refractivity contribution in [3.8, 4) is 0 Å². The minimum atomic E-state index is -4.96. The number of carbonyl (C=O) groups is 4. The third-order valence-corrected chi connectivity index (χ3v) is 20.9. The Hall–Kier alpha value is -1.94. The van der Waals surface area contributed by atoms with Gasteiger partial charge in [0.2, 0.25) is 0 Å². The Morgan fingerprint density at radius 1 is 0.293 bits per heavy atom. The third-order valence-electron chi connectivity index (χ3n) is 19.0. The Labute approximate surface area is 607 Å². The molecule has 0 aliphatic rings. The fraction of sp³-hybridized carbons (Fsp3) is 0.950. The van der Waals surface area contributed by atoms with E-state index in [9.17, 15) is 43.2 Å². The summed E-state index contributed by atoms with van der Waals surface area (Å²) in [6.45, 7) is 11.9. The number of hydrogen-bond donors (Lipinski definition) is 3. The summed E-state index contributed by atoms with van der Waals surface area (Å²) in [6, 6.07) is 0. The van der Waals surface area contributed by atoms with Crippen molar-refractivity contribution in [2.75, 3.05) is 39.6 Å². The van der Waals surface area contributed by atoms with Crippen molar-refractivity contribution < 1.29 is 80.2 Å². The maximum atomic E-state index is 13.1. The Kier molecular flexibility index (Phi) is 69.0. The fourth-order valence-electron chi connectivity index (χ4n) is 12.3. The van der Waals surface area contributed by atoms with Crippen LogP contribution in [-0.2, 0) is 65.4 Å². The van der Waals surface area contributed by atoms with Gasteiger partial charge in [-0.05, 0) is 43.4 Å². The fourth-order valence-corrected chi connectivity index (χ4v) is 13.9. The molecule has 0 aliphatic carbocycles. The third kappa shape index (κ3) is 72.8. The maximum absolute atomic E-state index is 13.1. The SMILES string of the molecule is CCCCCCCCCCCCCCCCCCCC(=O)OC[C@H](COP(=O)(O)OC[C@@H](O)COP(=O)(O)OC[C@@H](COC(=O)CCCCCCCCC(C)CC)OC(=O)CCCCCCCCCCCCC(C)C)OC(=O)CCCCCCCCCCCCCCCCCCC(C)C. The molecule has 0 rings (SSSR count). The van der Waals surface area contributed by atoms with Gasteiger partial charge in [-0.15, -0.1) is 0 Å². The second kappa shape index (κ2) is 70.4. The highest BCUT2D eigenvalue weighted by atomic mass is 31.2. The van der Waals surface area contributed by atoms with Gasteiger partial charge in [0.25, 0.3) is 0 Å². The molecule has 588 valence electrons. The summed E-state index contributed by atoms with van der Waals surface area (Å²) < 4.78 is 68.7. The van der Waals surface area contributed by atoms with Gasteiger partial charge in [0.1, 0.15) is 19.3 Å². The van der Waals surface area contributed by atoms with Gasteiger partial charge < -0.3 is 33.8 Å². The molecule has 99 heavy (non-hydrogen) atoms. The Morgan fingerprint density at radius 3 is 0.768 bits per heavy atom. The van der Waals surface area contributed by atoms with Gasteiger partial charge in [-0.3, -0.25) is 37.3 Å². The first kappa shape index (κ1) is 97.1. The lowest BCUT2D eigenvalue weighted by atomic mass is 10.00. The minimum absolute atomic E-state index is 0.105. The molecule has 0 fully saturated rings. The number of ether oxygens (including phenoxy) is 4. The monoisotopic (exact) mass is 1450 g/mol. The number of unbranched alkanes of at least 4 members (excludes halogenated alkanes) is 45. The molecular formula is C80H156O17P2. The molecule has 3 unspecified atom stereocenters. The molecular weight excluding hydrogens is 1290 g/mol. The van der Waals surface area contributed by atoms with Crippen LogP contribution in [-0.4, -0.2) is 96.7 Å². The summed E-state index contributed by atoms with van der Waals surface area (Å²) in [4.78, 5) is 73.0. The van der Waals surface area contributed by atoms with E-state index in [2.05, 4.69) is 48.5 Å². The van der Waals surface area contributed by atoms with E-state index in [1.54, 1.807) is 0 Å². The van der Waals surface area contributed by atoms with Gasteiger partial charge in [-0.2, -0.15) is 0 Å². The number of carbonyl (C=O) groups excluding carboxylic acids is 4. The zero-order chi connectivity index (χ0) is 73.0. The molecule has 0 aliphatic heterocycles. The van der Waals surface area contributed by atoms with Crippen molar-refractivity contribution in [3.05, 3.63) is 0 Å². The highest BCUT2D eigenvalue weighted by molar-refractivity contribution is 7.47. The lowest BCUT2D eigenvalue weighted by Gasteiger charge is -2.21. The second-order valence-corrected chi connectivity index (χ2v) is 32.9. The molecule has 0 heterocycles. The summed E-state index contributed by atoms with van der Waals surface area (Å²) >= 11 is 0. The van der Waals surface area contributed by atoms with Crippen molar-refractivity contribution in [2.45, 2.75) is 433 Å². The average Bonchev–Trinajstić information content (AvgIpc) is 1.37. The summed E-state index contributed by atoms with van der Waals surface area (Å²) in [5, 5.41) is 10.6. The molecule has 0 bridgehead atoms. The standard InChI is InChI=1S/C80H156O17P2/c1-8-10-11-12-13-14-15-16-17-18-22-25-28-34-39-47-54-61-77(82)90-67-75(96-79(84)63-56-49-40-35-29-26-23-20-19-21-24-27-32-37-44-51-58-71(3)4)69-94-98(86,87)92-65-74(81)66-93-99(88,89)95-70-76(68-91-78(83)62-55-48-43-42-46-53-60-73(7)9-2)97-80(85)64-57-50-41-36-31-30-33-38-45-52-59-72(5)6/h71-76,81H,8-70H2,1-7H3,(H,86,87)(H,88,89)/t73?,74-,75-,76-/m1/s1. The number of hydrogen-bond acceptors (Lipinski definition) is 15. The lowest BCUT2D eigenvalue weighted by molar-refractivity contribution is -0.161. The van der Waals surface area contributed by atoms with E-state index in [1.807, 2.05) is 0 Å². The highest BCUT2D eigenvalue weighted by Gasteiger charge is 2.30. The van der Waals surface area contributed by atoms with E-state index in [0.717, 1.165) is 114 Å². The highest BCUT2D eigenvalue weighted by Crippen LogP contribution is 2.45. The number of phosphoric ester groups is 2. The molecule has 19 heteroatoms. The van der Waals surface area contributed by atoms with E-state index in [-0.39, 0.29) is 25.7 Å². The summed E-state index contributed by atoms with van der Waals surface area (Å²) in [6.07, 6.45) is 58.3. The zero-order valence-corrected chi connectivity index (χ0v) is 66.8. The van der Waals surface area contributed by atoms with Crippen LogP contribution in [0.2, 0.25) is 0 Å². The Bertz CT molecular complexity index is 1920. The quantitative estimate of drug-likeness (QED) is 0.0222. The first-order valence-corrected chi connectivity index (χ1v) is 44.4. The van der Waals surface area contributed by atoms with Crippen molar-refractivity contribution in [1.82, 2.24) is 0 Å². The smallest absolute Gasteiger partial charge is 0.462 e. The van der Waals surface area contributed by atoms with E-state index in [0.29, 0.717) is 25.7 Å². The molecule has 0 saturated heterocycles. The Morgan fingerprint density at radius 2 is 0.515 bits per heavy atom. The molecule has 0 aromatic rings. The predicted octanol–water partition coefficient (Wildman–Crippen LogP) is 23.7. The van der Waals surface area contributed by atoms with Crippen LogP contribution in [0, 0.1) is 17.8 Å².